The molecule has 0 spiro atoms. The predicted molar refractivity (Wildman–Crippen MR) is 67.1 cm³/mol. The van der Waals surface area contributed by atoms with Gasteiger partial charge in [-0.3, -0.25) is 0 Å². The van der Waals surface area contributed by atoms with E-state index < -0.39 is 6.10 Å². The third-order valence-corrected chi connectivity index (χ3v) is 3.03. The minimum absolute atomic E-state index is 0.231. The zero-order chi connectivity index (χ0) is 12.3. The lowest BCUT2D eigenvalue weighted by Crippen LogP contribution is -2.30. The highest BCUT2D eigenvalue weighted by Crippen LogP contribution is 2.19. The average Bonchev–Trinajstić information content (AvgIpc) is 2.54. The number of rotatable bonds is 2. The second kappa shape index (κ2) is 5.47. The second-order valence-electron chi connectivity index (χ2n) is 4.60. The van der Waals surface area contributed by atoms with Crippen molar-refractivity contribution in [2.24, 2.45) is 0 Å². The van der Waals surface area contributed by atoms with Crippen molar-refractivity contribution in [3.8, 4) is 0 Å². The molecule has 1 unspecified atom stereocenters. The van der Waals surface area contributed by atoms with E-state index in [9.17, 15) is 5.11 Å². The fourth-order valence-electron chi connectivity index (χ4n) is 2.07. The molecule has 0 saturated carbocycles. The Bertz CT molecular complexity index is 368. The van der Waals surface area contributed by atoms with Crippen molar-refractivity contribution < 1.29 is 9.84 Å². The van der Waals surface area contributed by atoms with Gasteiger partial charge in [0.25, 0.3) is 0 Å². The summed E-state index contributed by atoms with van der Waals surface area (Å²) in [5, 5.41) is 9.58. The largest absolute Gasteiger partial charge is 0.389 e. The molecule has 17 heavy (non-hydrogen) atoms. The van der Waals surface area contributed by atoms with Crippen molar-refractivity contribution in [2.75, 3.05) is 24.6 Å². The highest BCUT2D eigenvalue weighted by molar-refractivity contribution is 5.41. The molecule has 2 rings (SSSR count). The molecule has 1 aromatic rings. The highest BCUT2D eigenvalue weighted by Gasteiger charge is 2.16. The lowest BCUT2D eigenvalue weighted by Gasteiger charge is -2.23. The lowest BCUT2D eigenvalue weighted by molar-refractivity contribution is 0.0820. The van der Waals surface area contributed by atoms with Crippen LogP contribution in [0.5, 0.6) is 0 Å². The van der Waals surface area contributed by atoms with Gasteiger partial charge in [0.15, 0.2) is 0 Å². The molecule has 1 saturated heterocycles. The van der Waals surface area contributed by atoms with Crippen molar-refractivity contribution in [3.05, 3.63) is 23.9 Å². The summed E-state index contributed by atoms with van der Waals surface area (Å²) in [6, 6.07) is 3.81. The normalized spacial score (nSPS) is 23.2. The van der Waals surface area contributed by atoms with Crippen LogP contribution in [0.15, 0.2) is 18.3 Å². The molecule has 4 heteroatoms. The molecule has 4 nitrogen and oxygen atoms in total. The van der Waals surface area contributed by atoms with Gasteiger partial charge in [0.1, 0.15) is 5.82 Å². The van der Waals surface area contributed by atoms with E-state index in [1.54, 1.807) is 13.1 Å². The predicted octanol–water partition coefficient (Wildman–Crippen LogP) is 1.75. The Kier molecular flexibility index (Phi) is 3.97. The van der Waals surface area contributed by atoms with Crippen LogP contribution in [0.3, 0.4) is 0 Å². The summed E-state index contributed by atoms with van der Waals surface area (Å²) in [4.78, 5) is 6.61. The molecule has 94 valence electrons. The van der Waals surface area contributed by atoms with Crippen molar-refractivity contribution >= 4 is 5.82 Å². The maximum Gasteiger partial charge on any atom is 0.128 e. The van der Waals surface area contributed by atoms with Crippen molar-refractivity contribution in [3.63, 3.8) is 0 Å². The summed E-state index contributed by atoms with van der Waals surface area (Å²) in [5.41, 5.74) is 0.910. The Labute approximate surface area is 102 Å². The Balaban J connectivity index is 2.17. The smallest absolute Gasteiger partial charge is 0.128 e. The summed E-state index contributed by atoms with van der Waals surface area (Å²) in [7, 11) is 0. The molecule has 0 bridgehead atoms. The minimum Gasteiger partial charge on any atom is -0.389 e. The summed E-state index contributed by atoms with van der Waals surface area (Å²) < 4.78 is 5.61. The molecule has 2 heterocycles. The van der Waals surface area contributed by atoms with Crippen LogP contribution in [-0.2, 0) is 4.74 Å². The van der Waals surface area contributed by atoms with Gasteiger partial charge in [-0.05, 0) is 38.0 Å². The maximum atomic E-state index is 9.58. The standard InChI is InChI=1S/C13H20N2O2/c1-10-9-15(6-3-7-17-10)13-8-12(11(2)16)4-5-14-13/h4-5,8,10-11,16H,3,6-7,9H2,1-2H3/t10?,11-/m0/s1. The second-order valence-corrected chi connectivity index (χ2v) is 4.60. The van der Waals surface area contributed by atoms with E-state index in [1.165, 1.54) is 0 Å². The number of pyridine rings is 1. The Morgan fingerprint density at radius 3 is 3.18 bits per heavy atom. The van der Waals surface area contributed by atoms with Gasteiger partial charge in [0.2, 0.25) is 0 Å². The monoisotopic (exact) mass is 236 g/mol. The van der Waals surface area contributed by atoms with Gasteiger partial charge in [-0.2, -0.15) is 0 Å². The van der Waals surface area contributed by atoms with Crippen LogP contribution < -0.4 is 4.90 Å². The number of anilines is 1. The summed E-state index contributed by atoms with van der Waals surface area (Å²) in [6.45, 7) is 6.48. The summed E-state index contributed by atoms with van der Waals surface area (Å²) >= 11 is 0. The molecule has 1 aliphatic rings. The molecule has 0 amide bonds. The van der Waals surface area contributed by atoms with Crippen molar-refractivity contribution in [1.82, 2.24) is 4.98 Å². The zero-order valence-corrected chi connectivity index (χ0v) is 10.5. The number of aliphatic hydroxyl groups excluding tert-OH is 1. The molecule has 1 aromatic heterocycles. The SMILES string of the molecule is CC1CN(c2cc([C@H](C)O)ccn2)CCCO1. The quantitative estimate of drug-likeness (QED) is 0.849. The maximum absolute atomic E-state index is 9.58. The number of hydrogen-bond donors (Lipinski definition) is 1. The van der Waals surface area contributed by atoms with Crippen LogP contribution in [0.2, 0.25) is 0 Å². The van der Waals surface area contributed by atoms with E-state index >= 15 is 0 Å². The van der Waals surface area contributed by atoms with Crippen LogP contribution >= 0.6 is 0 Å². The Hall–Kier alpha value is -1.13. The first kappa shape index (κ1) is 12.3. The first-order chi connectivity index (χ1) is 8.16. The van der Waals surface area contributed by atoms with Crippen molar-refractivity contribution in [2.45, 2.75) is 32.5 Å². The average molecular weight is 236 g/mol. The van der Waals surface area contributed by atoms with E-state index in [0.29, 0.717) is 0 Å². The van der Waals surface area contributed by atoms with E-state index in [0.717, 1.165) is 37.5 Å². The van der Waals surface area contributed by atoms with E-state index in [1.807, 2.05) is 12.1 Å². The van der Waals surface area contributed by atoms with Crippen LogP contribution in [-0.4, -0.2) is 35.9 Å². The van der Waals surface area contributed by atoms with Gasteiger partial charge in [-0.15, -0.1) is 0 Å². The molecular weight excluding hydrogens is 216 g/mol. The Morgan fingerprint density at radius 1 is 1.59 bits per heavy atom. The number of aromatic nitrogens is 1. The van der Waals surface area contributed by atoms with Crippen LogP contribution in [0.25, 0.3) is 0 Å². The zero-order valence-electron chi connectivity index (χ0n) is 10.5. The number of ether oxygens (including phenoxy) is 1. The Morgan fingerprint density at radius 2 is 2.41 bits per heavy atom. The molecular formula is C13H20N2O2. The third kappa shape index (κ3) is 3.17. The summed E-state index contributed by atoms with van der Waals surface area (Å²) in [5.74, 6) is 0.931. The highest BCUT2D eigenvalue weighted by atomic mass is 16.5. The third-order valence-electron chi connectivity index (χ3n) is 3.03. The first-order valence-corrected chi connectivity index (χ1v) is 6.17. The van der Waals surface area contributed by atoms with Gasteiger partial charge in [0.05, 0.1) is 12.2 Å². The minimum atomic E-state index is -0.447. The lowest BCUT2D eigenvalue weighted by atomic mass is 10.1. The topological polar surface area (TPSA) is 45.6 Å². The number of hydrogen-bond acceptors (Lipinski definition) is 4. The van der Waals surface area contributed by atoms with Crippen molar-refractivity contribution in [1.29, 1.82) is 0 Å². The van der Waals surface area contributed by atoms with Gasteiger partial charge in [-0.1, -0.05) is 0 Å². The van der Waals surface area contributed by atoms with Gasteiger partial charge in [0, 0.05) is 25.9 Å². The molecule has 0 aliphatic carbocycles. The number of nitrogens with zero attached hydrogens (tertiary/aromatic N) is 2. The van der Waals surface area contributed by atoms with E-state index in [-0.39, 0.29) is 6.10 Å². The molecule has 2 atom stereocenters. The van der Waals surface area contributed by atoms with Gasteiger partial charge >= 0.3 is 0 Å². The van der Waals surface area contributed by atoms with Crippen LogP contribution in [0.1, 0.15) is 31.9 Å². The summed E-state index contributed by atoms with van der Waals surface area (Å²) in [6.07, 6.45) is 2.56. The van der Waals surface area contributed by atoms with E-state index in [4.69, 9.17) is 4.74 Å². The molecule has 1 aliphatic heterocycles. The molecule has 0 aromatic carbocycles. The van der Waals surface area contributed by atoms with Gasteiger partial charge < -0.3 is 14.7 Å². The molecule has 0 radical (unpaired) electrons. The number of aliphatic hydroxyl groups is 1. The first-order valence-electron chi connectivity index (χ1n) is 6.17. The van der Waals surface area contributed by atoms with Crippen LogP contribution in [0.4, 0.5) is 5.82 Å². The fraction of sp³-hybridized carbons (Fsp3) is 0.615. The molecule has 1 fully saturated rings. The van der Waals surface area contributed by atoms with Crippen LogP contribution in [0, 0.1) is 0 Å². The fourth-order valence-corrected chi connectivity index (χ4v) is 2.07. The molecule has 1 N–H and O–H groups in total. The van der Waals surface area contributed by atoms with E-state index in [2.05, 4.69) is 16.8 Å². The van der Waals surface area contributed by atoms with Gasteiger partial charge in [-0.25, -0.2) is 4.98 Å².